The Hall–Kier alpha value is -1.21. The summed E-state index contributed by atoms with van der Waals surface area (Å²) in [5, 5.41) is 20.0. The fourth-order valence-corrected chi connectivity index (χ4v) is 4.00. The van der Waals surface area contributed by atoms with Crippen LogP contribution < -0.4 is 4.90 Å². The van der Waals surface area contributed by atoms with Gasteiger partial charge < -0.3 is 10.0 Å². The van der Waals surface area contributed by atoms with Crippen LogP contribution in [0.25, 0.3) is 0 Å². The predicted octanol–water partition coefficient (Wildman–Crippen LogP) is 2.17. The van der Waals surface area contributed by atoms with Crippen LogP contribution in [0.15, 0.2) is 0 Å². The highest BCUT2D eigenvalue weighted by atomic mass is 32.1. The second-order valence-electron chi connectivity index (χ2n) is 5.43. The summed E-state index contributed by atoms with van der Waals surface area (Å²) >= 11 is 1.45. The number of nitrogens with zero attached hydrogens (tertiary/aromatic N) is 4. The summed E-state index contributed by atoms with van der Waals surface area (Å²) in [7, 11) is 0. The van der Waals surface area contributed by atoms with Gasteiger partial charge >= 0.3 is 6.03 Å². The Labute approximate surface area is 122 Å². The van der Waals surface area contributed by atoms with Crippen LogP contribution in [0.5, 0.6) is 0 Å². The van der Waals surface area contributed by atoms with Crippen molar-refractivity contribution in [3.8, 4) is 0 Å². The molecule has 2 amide bonds. The smallest absolute Gasteiger partial charge is 0.328 e. The minimum Gasteiger partial charge on any atom is -0.371 e. The molecule has 1 unspecified atom stereocenters. The Morgan fingerprint density at radius 1 is 1.30 bits per heavy atom. The van der Waals surface area contributed by atoms with Crippen molar-refractivity contribution in [3.63, 3.8) is 0 Å². The van der Waals surface area contributed by atoms with Crippen LogP contribution in [0, 0.1) is 0 Å². The van der Waals surface area contributed by atoms with E-state index in [1.54, 1.807) is 4.90 Å². The van der Waals surface area contributed by atoms with E-state index in [-0.39, 0.29) is 6.03 Å². The van der Waals surface area contributed by atoms with Crippen LogP contribution >= 0.6 is 11.3 Å². The van der Waals surface area contributed by atoms with Crippen LogP contribution in [-0.4, -0.2) is 45.6 Å². The first-order valence-electron chi connectivity index (χ1n) is 7.30. The number of aromatic nitrogens is 2. The molecule has 1 aliphatic carbocycles. The number of likely N-dealkylation sites (N-methyl/N-ethyl adjacent to an activating group) is 1. The summed E-state index contributed by atoms with van der Waals surface area (Å²) in [6.07, 6.45) is 5.30. The maximum Gasteiger partial charge on any atom is 0.328 e. The summed E-state index contributed by atoms with van der Waals surface area (Å²) in [5.74, 6) is 0.479. The zero-order valence-electron chi connectivity index (χ0n) is 11.7. The molecule has 7 heteroatoms. The van der Waals surface area contributed by atoms with Crippen molar-refractivity contribution < 1.29 is 9.90 Å². The molecule has 20 heavy (non-hydrogen) atoms. The van der Waals surface area contributed by atoms with Gasteiger partial charge in [0, 0.05) is 12.5 Å². The summed E-state index contributed by atoms with van der Waals surface area (Å²) in [5.41, 5.74) is 0. The number of hydrogen-bond acceptors (Lipinski definition) is 5. The topological polar surface area (TPSA) is 69.6 Å². The Morgan fingerprint density at radius 3 is 2.70 bits per heavy atom. The van der Waals surface area contributed by atoms with Gasteiger partial charge in [-0.3, -0.25) is 0 Å². The average molecular weight is 296 g/mol. The third kappa shape index (κ3) is 2.40. The van der Waals surface area contributed by atoms with E-state index in [1.165, 1.54) is 35.5 Å². The first-order valence-corrected chi connectivity index (χ1v) is 8.12. The highest BCUT2D eigenvalue weighted by molar-refractivity contribution is 7.15. The van der Waals surface area contributed by atoms with Crippen LogP contribution in [-0.2, 0) is 0 Å². The van der Waals surface area contributed by atoms with Gasteiger partial charge in [-0.05, 0) is 19.8 Å². The summed E-state index contributed by atoms with van der Waals surface area (Å²) in [6, 6.07) is -0.175. The monoisotopic (exact) mass is 296 g/mol. The number of amides is 2. The van der Waals surface area contributed by atoms with Crippen LogP contribution in [0.2, 0.25) is 0 Å². The van der Waals surface area contributed by atoms with Crippen molar-refractivity contribution in [2.24, 2.45) is 0 Å². The number of rotatable bonds is 3. The zero-order valence-corrected chi connectivity index (χ0v) is 12.5. The molecule has 2 aliphatic rings. The number of aliphatic hydroxyl groups excluding tert-OH is 1. The second kappa shape index (κ2) is 5.65. The minimum atomic E-state index is -0.811. The lowest BCUT2D eigenvalue weighted by atomic mass is 9.90. The van der Waals surface area contributed by atoms with Crippen molar-refractivity contribution >= 4 is 22.5 Å². The van der Waals surface area contributed by atoms with E-state index in [0.717, 1.165) is 17.8 Å². The van der Waals surface area contributed by atoms with E-state index < -0.39 is 6.23 Å². The molecule has 0 radical (unpaired) electrons. The van der Waals surface area contributed by atoms with Crippen LogP contribution in [0.1, 0.15) is 50.0 Å². The Bertz CT molecular complexity index is 486. The molecule has 1 aromatic heterocycles. The van der Waals surface area contributed by atoms with Gasteiger partial charge in [0.2, 0.25) is 5.13 Å². The average Bonchev–Trinajstić information content (AvgIpc) is 3.04. The highest BCUT2D eigenvalue weighted by Gasteiger charge is 2.38. The van der Waals surface area contributed by atoms with E-state index in [1.807, 2.05) is 6.92 Å². The van der Waals surface area contributed by atoms with Gasteiger partial charge in [0.15, 0.2) is 6.23 Å². The van der Waals surface area contributed by atoms with E-state index in [9.17, 15) is 9.90 Å². The third-order valence-corrected chi connectivity index (χ3v) is 5.22. The first kappa shape index (κ1) is 13.8. The summed E-state index contributed by atoms with van der Waals surface area (Å²) in [4.78, 5) is 15.1. The van der Waals surface area contributed by atoms with Crippen molar-refractivity contribution in [1.82, 2.24) is 15.1 Å². The van der Waals surface area contributed by atoms with Crippen molar-refractivity contribution in [3.05, 3.63) is 5.01 Å². The molecule has 0 aromatic carbocycles. The molecule has 1 saturated carbocycles. The summed E-state index contributed by atoms with van der Waals surface area (Å²) < 4.78 is 0. The normalized spacial score (nSPS) is 24.7. The Kier molecular flexibility index (Phi) is 3.89. The molecule has 1 atom stereocenters. The summed E-state index contributed by atoms with van der Waals surface area (Å²) in [6.45, 7) is 2.84. The minimum absolute atomic E-state index is 0.175. The molecule has 2 fully saturated rings. The van der Waals surface area contributed by atoms with Gasteiger partial charge in [-0.15, -0.1) is 10.2 Å². The maximum absolute atomic E-state index is 12.2. The van der Waals surface area contributed by atoms with Gasteiger partial charge in [-0.2, -0.15) is 0 Å². The quantitative estimate of drug-likeness (QED) is 0.928. The van der Waals surface area contributed by atoms with E-state index in [0.29, 0.717) is 24.1 Å². The van der Waals surface area contributed by atoms with Gasteiger partial charge in [0.05, 0.1) is 6.54 Å². The third-order valence-electron chi connectivity index (χ3n) is 4.13. The maximum atomic E-state index is 12.2. The van der Waals surface area contributed by atoms with Crippen LogP contribution in [0.3, 0.4) is 0 Å². The van der Waals surface area contributed by atoms with Crippen molar-refractivity contribution in [2.75, 3.05) is 18.0 Å². The molecule has 1 saturated heterocycles. The fraction of sp³-hybridized carbons (Fsp3) is 0.769. The number of carbonyl (C=O) groups excluding carboxylic acids is 1. The number of carbonyl (C=O) groups is 1. The predicted molar refractivity (Wildman–Crippen MR) is 76.9 cm³/mol. The molecular formula is C13H20N4O2S. The Morgan fingerprint density at radius 2 is 2.05 bits per heavy atom. The van der Waals surface area contributed by atoms with Gasteiger partial charge in [0.25, 0.3) is 0 Å². The molecule has 3 rings (SSSR count). The van der Waals surface area contributed by atoms with Gasteiger partial charge in [-0.25, -0.2) is 9.69 Å². The molecule has 0 bridgehead atoms. The standard InChI is InChI=1S/C13H20N4O2S/c1-2-16-8-10(18)17(13(16)19)12-15-14-11(20-12)9-6-4-3-5-7-9/h9-10,18H,2-8H2,1H3. The van der Waals surface area contributed by atoms with Crippen molar-refractivity contribution in [1.29, 1.82) is 0 Å². The number of anilines is 1. The molecule has 110 valence electrons. The zero-order chi connectivity index (χ0) is 14.1. The highest BCUT2D eigenvalue weighted by Crippen LogP contribution is 2.37. The molecule has 1 aromatic rings. The second-order valence-corrected chi connectivity index (χ2v) is 6.42. The number of aliphatic hydroxyl groups is 1. The molecule has 6 nitrogen and oxygen atoms in total. The SMILES string of the molecule is CCN1CC(O)N(c2nnc(C3CCCCC3)s2)C1=O. The molecule has 1 aliphatic heterocycles. The number of urea groups is 1. The molecule has 1 N–H and O–H groups in total. The van der Waals surface area contributed by atoms with Gasteiger partial charge in [0.1, 0.15) is 5.01 Å². The molecular weight excluding hydrogens is 276 g/mol. The van der Waals surface area contributed by atoms with Crippen molar-refractivity contribution in [2.45, 2.75) is 51.2 Å². The fourth-order valence-electron chi connectivity index (χ4n) is 2.95. The van der Waals surface area contributed by atoms with Gasteiger partial charge in [-0.1, -0.05) is 30.6 Å². The first-order chi connectivity index (χ1) is 9.70. The molecule has 0 spiro atoms. The van der Waals surface area contributed by atoms with Crippen LogP contribution in [0.4, 0.5) is 9.93 Å². The number of hydrogen-bond donors (Lipinski definition) is 1. The van der Waals surface area contributed by atoms with E-state index in [4.69, 9.17) is 0 Å². The molecule has 2 heterocycles. The van der Waals surface area contributed by atoms with E-state index >= 15 is 0 Å². The lowest BCUT2D eigenvalue weighted by Gasteiger charge is -2.18. The number of β-amino-alcohol motifs (C(OH)–C–C–N with tert-alkyl or cyclic N) is 1. The largest absolute Gasteiger partial charge is 0.371 e. The lowest BCUT2D eigenvalue weighted by Crippen LogP contribution is -2.34. The van der Waals surface area contributed by atoms with E-state index in [2.05, 4.69) is 10.2 Å². The Balaban J connectivity index is 1.77. The lowest BCUT2D eigenvalue weighted by molar-refractivity contribution is 0.178.